The van der Waals surface area contributed by atoms with Crippen LogP contribution in [0, 0.1) is 6.08 Å². The van der Waals surface area contributed by atoms with E-state index in [1.165, 1.54) is 89.1 Å². The maximum atomic E-state index is 6.41. The second kappa shape index (κ2) is 19.5. The molecule has 0 unspecified atom stereocenters. The Morgan fingerprint density at radius 3 is 1.60 bits per heavy atom. The van der Waals surface area contributed by atoms with Crippen LogP contribution in [0.15, 0.2) is 234 Å². The van der Waals surface area contributed by atoms with Crippen LogP contribution in [-0.2, 0) is 0 Å². The first kappa shape index (κ1) is 49.4. The fourth-order valence-corrected chi connectivity index (χ4v) is 15.6. The molecule has 19 aromatic rings. The van der Waals surface area contributed by atoms with Gasteiger partial charge < -0.3 is 8.83 Å². The average Bonchev–Trinajstić information content (AvgIpc) is 1.59. The Bertz CT molecular complexity index is 6110. The van der Waals surface area contributed by atoms with E-state index in [2.05, 4.69) is 169 Å². The van der Waals surface area contributed by atoms with Gasteiger partial charge in [-0.3, -0.25) is 19.5 Å². The average molecular weight is 1170 g/mol. The number of aromatic amines is 1. The molecule has 1 aliphatic carbocycles. The zero-order valence-electron chi connectivity index (χ0n) is 45.7. The molecule has 0 spiro atoms. The minimum absolute atomic E-state index is 0.162. The van der Waals surface area contributed by atoms with E-state index in [-0.39, 0.29) is 5.28 Å². The second-order valence-electron chi connectivity index (χ2n) is 21.4. The maximum Gasteiger partial charge on any atom is 0.238 e. The first-order valence-corrected chi connectivity index (χ1v) is 30.3. The number of fused-ring (bicyclic) bond motifs is 26. The molecule has 20 rings (SSSR count). The number of pyridine rings is 2. The summed E-state index contributed by atoms with van der Waals surface area (Å²) in [7, 11) is 0. The van der Waals surface area contributed by atoms with E-state index in [9.17, 15) is 0 Å². The van der Waals surface area contributed by atoms with E-state index in [0.29, 0.717) is 17.4 Å². The number of nitrogens with zero attached hydrogens (tertiary/aromatic N) is 7. The summed E-state index contributed by atoms with van der Waals surface area (Å²) < 4.78 is 19.6. The van der Waals surface area contributed by atoms with Crippen molar-refractivity contribution in [3.05, 3.63) is 248 Å². The van der Waals surface area contributed by atoms with Crippen molar-refractivity contribution in [1.29, 1.82) is 0 Å². The van der Waals surface area contributed by atoms with Gasteiger partial charge in [-0.25, -0.2) is 9.97 Å². The molecule has 1 N–H and O–H groups in total. The van der Waals surface area contributed by atoms with Gasteiger partial charge in [0.05, 0.1) is 44.8 Å². The number of allylic oxidation sites excluding steroid dienone is 2. The molecular weight excluding hydrogens is 1130 g/mol. The summed E-state index contributed by atoms with van der Waals surface area (Å²) >= 11 is 9.73. The van der Waals surface area contributed by atoms with E-state index in [1.54, 1.807) is 18.6 Å². The van der Waals surface area contributed by atoms with Gasteiger partial charge in [0.25, 0.3) is 0 Å². The third-order valence-corrected chi connectivity index (χ3v) is 19.2. The Balaban J connectivity index is 0.000000109. The van der Waals surface area contributed by atoms with Crippen molar-refractivity contribution < 1.29 is 8.83 Å². The van der Waals surface area contributed by atoms with Gasteiger partial charge in [0.1, 0.15) is 28.9 Å². The van der Waals surface area contributed by atoms with Crippen molar-refractivity contribution in [3.8, 4) is 28.5 Å². The molecule has 0 bridgehead atoms. The smallest absolute Gasteiger partial charge is 0.238 e. The topological polar surface area (TPSA) is 124 Å². The van der Waals surface area contributed by atoms with Gasteiger partial charge in [0, 0.05) is 120 Å². The number of rotatable bonds is 3. The fraction of sp³-hybridized carbons (Fsp3) is 0. The van der Waals surface area contributed by atoms with Crippen LogP contribution in [0.1, 0.15) is 11.3 Å². The Kier molecular flexibility index (Phi) is 11.1. The normalized spacial score (nSPS) is 12.2. The molecule has 10 nitrogen and oxygen atoms in total. The van der Waals surface area contributed by atoms with Crippen molar-refractivity contribution in [3.63, 3.8) is 0 Å². The fourth-order valence-electron chi connectivity index (χ4n) is 13.0. The number of benzene rings is 9. The summed E-state index contributed by atoms with van der Waals surface area (Å²) in [5.74, 6) is 0.573. The standard InChI is InChI=1S/C37H20N4OS.C22H12NS.C15H8ClN3O/c1-2-12-23-22(11-1)30-24-13-3-6-16-27(24)41(34(30)32-26-15-5-8-18-29(26)43-35(23)32)37-39-33(21-10-9-19-38-20-21)31-25-14-4-7-17-28(25)42-36(31)40-37;1-2-8-14-13(7-1)19-15-9-3-5-11-17(15)23-21(19)20-16-10-4-6-12-18(16)24-22(14)20;16-15-18-13(9-4-3-7-17-8-9)12-10-5-1-2-6-11(10)20-14(12)19-15/h1-20H;1-4,6-12,23H;1-8H/q;+1;. The van der Waals surface area contributed by atoms with Crippen LogP contribution < -0.4 is 0 Å². The lowest BCUT2D eigenvalue weighted by molar-refractivity contribution is 0.651. The molecule has 0 amide bonds. The van der Waals surface area contributed by atoms with Crippen LogP contribution in [0.25, 0.3) is 179 Å². The van der Waals surface area contributed by atoms with E-state index in [0.717, 1.165) is 72.0 Å². The monoisotopic (exact) mass is 1170 g/mol. The number of aromatic nitrogens is 8. The van der Waals surface area contributed by atoms with E-state index >= 15 is 0 Å². The lowest BCUT2D eigenvalue weighted by Crippen LogP contribution is -2.03. The second-order valence-corrected chi connectivity index (χ2v) is 23.8. The van der Waals surface area contributed by atoms with Crippen LogP contribution in [0.3, 0.4) is 0 Å². The van der Waals surface area contributed by atoms with Gasteiger partial charge in [-0.05, 0) is 77.0 Å². The molecule has 10 aromatic heterocycles. The Morgan fingerprint density at radius 2 is 0.966 bits per heavy atom. The highest BCUT2D eigenvalue weighted by Gasteiger charge is 2.27. The van der Waals surface area contributed by atoms with Gasteiger partial charge in [0.2, 0.25) is 22.7 Å². The minimum Gasteiger partial charge on any atom is -0.438 e. The number of para-hydroxylation sites is 3. The molecule has 87 heavy (non-hydrogen) atoms. The number of halogens is 1. The molecule has 0 atom stereocenters. The van der Waals surface area contributed by atoms with Gasteiger partial charge in [-0.2, -0.15) is 9.97 Å². The number of nitrogens with one attached hydrogen (secondary N) is 1. The Labute approximate surface area is 506 Å². The zero-order chi connectivity index (χ0) is 57.3. The predicted octanol–water partition coefficient (Wildman–Crippen LogP) is 20.7. The maximum absolute atomic E-state index is 6.41. The quantitative estimate of drug-likeness (QED) is 0.137. The minimum atomic E-state index is 0.162. The first-order valence-electron chi connectivity index (χ1n) is 28.3. The first-order chi connectivity index (χ1) is 43.1. The number of H-pyrrole nitrogens is 1. The largest absolute Gasteiger partial charge is 0.438 e. The lowest BCUT2D eigenvalue weighted by atomic mass is 9.98. The molecule has 13 heteroatoms. The predicted molar refractivity (Wildman–Crippen MR) is 360 cm³/mol. The summed E-state index contributed by atoms with van der Waals surface area (Å²) in [5, 5.41) is 17.9. The Hall–Kier alpha value is -11.0. The van der Waals surface area contributed by atoms with Crippen LogP contribution in [0.2, 0.25) is 5.28 Å². The third-order valence-electron chi connectivity index (χ3n) is 16.6. The van der Waals surface area contributed by atoms with E-state index in [1.807, 2.05) is 108 Å². The summed E-state index contributed by atoms with van der Waals surface area (Å²) in [4.78, 5) is 31.2. The van der Waals surface area contributed by atoms with E-state index in [4.69, 9.17) is 30.4 Å². The van der Waals surface area contributed by atoms with Crippen molar-refractivity contribution in [2.75, 3.05) is 0 Å². The summed E-state index contributed by atoms with van der Waals surface area (Å²) in [5.41, 5.74) is 11.8. The van der Waals surface area contributed by atoms with Crippen molar-refractivity contribution >= 4 is 185 Å². The number of furan rings is 2. The van der Waals surface area contributed by atoms with Crippen LogP contribution in [-0.4, -0.2) is 39.5 Å². The third kappa shape index (κ3) is 7.63. The molecule has 0 saturated heterocycles. The highest BCUT2D eigenvalue weighted by Crippen LogP contribution is 2.49. The van der Waals surface area contributed by atoms with Crippen molar-refractivity contribution in [2.24, 2.45) is 0 Å². The summed E-state index contributed by atoms with van der Waals surface area (Å²) in [6.45, 7) is 0. The number of thiophene rings is 2. The zero-order valence-corrected chi connectivity index (χ0v) is 48.0. The van der Waals surface area contributed by atoms with Crippen molar-refractivity contribution in [2.45, 2.75) is 0 Å². The molecular formula is C74H40ClN8O2S2+. The highest BCUT2D eigenvalue weighted by molar-refractivity contribution is 7.27. The number of hydrogen-bond acceptors (Lipinski definition) is 10. The Morgan fingerprint density at radius 1 is 0.448 bits per heavy atom. The molecule has 1 aliphatic rings. The van der Waals surface area contributed by atoms with Gasteiger partial charge in [0.15, 0.2) is 5.69 Å². The van der Waals surface area contributed by atoms with Gasteiger partial charge in [-0.15, -0.1) is 22.7 Å². The molecule has 0 aliphatic heterocycles. The molecule has 9 aromatic carbocycles. The van der Waals surface area contributed by atoms with Crippen molar-refractivity contribution in [1.82, 2.24) is 39.5 Å². The van der Waals surface area contributed by atoms with Gasteiger partial charge in [-0.1, -0.05) is 140 Å². The van der Waals surface area contributed by atoms with Crippen LogP contribution >= 0.6 is 34.3 Å². The molecule has 10 heterocycles. The molecule has 0 fully saturated rings. The van der Waals surface area contributed by atoms with E-state index < -0.39 is 0 Å². The lowest BCUT2D eigenvalue weighted by Gasteiger charge is -2.11. The van der Waals surface area contributed by atoms with Gasteiger partial charge >= 0.3 is 0 Å². The highest BCUT2D eigenvalue weighted by atomic mass is 35.5. The summed E-state index contributed by atoms with van der Waals surface area (Å²) in [6, 6.07) is 67.1. The number of hydrogen-bond donors (Lipinski definition) is 1. The molecule has 0 radical (unpaired) electrons. The van der Waals surface area contributed by atoms with Crippen LogP contribution in [0.4, 0.5) is 0 Å². The SMILES string of the molecule is Clc1nc(-c2cccnc2)c2c(n1)oc1ccccc12.[C+]1=Cc2[nH]c3c(c2C=C1)c1ccccc1c1sc2ccccc2c31.c1cncc(-c2nc(-n3c4ccccc4c4c5ccccc5c5sc6ccccc6c5c43)nc3oc4ccccc4c23)c1. The molecule has 406 valence electrons. The molecule has 0 saturated carbocycles. The van der Waals surface area contributed by atoms with Crippen LogP contribution in [0.5, 0.6) is 0 Å². The summed E-state index contributed by atoms with van der Waals surface area (Å²) in [6.07, 6.45) is 16.5.